The van der Waals surface area contributed by atoms with E-state index in [2.05, 4.69) is 54.5 Å². The topological polar surface area (TPSA) is 77.8 Å². The van der Waals surface area contributed by atoms with E-state index in [1.54, 1.807) is 0 Å². The quantitative estimate of drug-likeness (QED) is 0.397. The molecule has 4 fully saturated rings. The van der Waals surface area contributed by atoms with Crippen molar-refractivity contribution in [2.45, 2.75) is 118 Å². The van der Waals surface area contributed by atoms with Crippen LogP contribution in [0.25, 0.3) is 0 Å². The molecule has 0 spiro atoms. The van der Waals surface area contributed by atoms with E-state index in [4.69, 9.17) is 0 Å². The molecule has 0 unspecified atom stereocenters. The zero-order valence-electron chi connectivity index (χ0n) is 22.6. The molecule has 0 bridgehead atoms. The highest BCUT2D eigenvalue weighted by Gasteiger charge is 2.71. The van der Waals surface area contributed by atoms with Crippen molar-refractivity contribution in [2.75, 3.05) is 0 Å². The van der Waals surface area contributed by atoms with E-state index in [1.807, 2.05) is 0 Å². The number of carboxylic acid groups (broad SMARTS) is 1. The summed E-state index contributed by atoms with van der Waals surface area (Å²) in [6, 6.07) is 0. The van der Waals surface area contributed by atoms with Crippen LogP contribution in [-0.2, 0) is 4.79 Å². The Balaban J connectivity index is 1.63. The standard InChI is InChI=1S/C30H48O4/c1-25(2)14-15-30(24(33)34)19(16-25)18-8-9-21-27(5)12-11-22(31)26(3,4)20(27)10-13-28(21,6)29(18,7)17-23(30)32/h8,19-23,31-32H,9-17H2,1-7H3,(H,33,34)/t19-,20-,21+,22+,23-,27+,28-,29-,30-/m1/s1. The van der Waals surface area contributed by atoms with Crippen molar-refractivity contribution in [3.8, 4) is 0 Å². The summed E-state index contributed by atoms with van der Waals surface area (Å²) in [5.41, 5.74) is 0.295. The molecule has 0 aromatic rings. The normalized spacial score (nSPS) is 53.4. The number of allylic oxidation sites excluding steroid dienone is 2. The maximum absolute atomic E-state index is 12.8. The van der Waals surface area contributed by atoms with E-state index in [0.717, 1.165) is 44.9 Å². The van der Waals surface area contributed by atoms with E-state index >= 15 is 0 Å². The molecule has 0 aromatic carbocycles. The summed E-state index contributed by atoms with van der Waals surface area (Å²) in [5.74, 6) is 0.0888. The highest BCUT2D eigenvalue weighted by molar-refractivity contribution is 5.77. The Labute approximate surface area is 206 Å². The fraction of sp³-hybridized carbons (Fsp3) is 0.900. The SMILES string of the molecule is CC1(C)CC[C@]2(C(=O)O)[C@H](O)C[C@]3(C)C(=CC[C@H]4[C@@]5(C)CC[C@H](O)C(C)(C)[C@H]5CC[C@]43C)[C@H]2C1. The van der Waals surface area contributed by atoms with Gasteiger partial charge in [-0.25, -0.2) is 0 Å². The third kappa shape index (κ3) is 2.82. The van der Waals surface area contributed by atoms with Crippen molar-refractivity contribution < 1.29 is 20.1 Å². The molecule has 0 heterocycles. The molecule has 4 nitrogen and oxygen atoms in total. The molecule has 5 aliphatic carbocycles. The van der Waals surface area contributed by atoms with Gasteiger partial charge in [0.05, 0.1) is 12.2 Å². The minimum atomic E-state index is -1.04. The average molecular weight is 473 g/mol. The van der Waals surface area contributed by atoms with Crippen LogP contribution in [0.3, 0.4) is 0 Å². The Morgan fingerprint density at radius 1 is 0.853 bits per heavy atom. The summed E-state index contributed by atoms with van der Waals surface area (Å²) in [6.45, 7) is 16.4. The first kappa shape index (κ1) is 24.8. The Morgan fingerprint density at radius 3 is 2.18 bits per heavy atom. The Kier molecular flexibility index (Phi) is 5.20. The van der Waals surface area contributed by atoms with Gasteiger partial charge < -0.3 is 15.3 Å². The van der Waals surface area contributed by atoms with Crippen molar-refractivity contribution in [2.24, 2.45) is 50.2 Å². The van der Waals surface area contributed by atoms with E-state index in [0.29, 0.717) is 24.7 Å². The molecule has 4 heteroatoms. The molecule has 4 saturated carbocycles. The molecule has 0 aromatic heterocycles. The Bertz CT molecular complexity index is 919. The lowest BCUT2D eigenvalue weighted by Gasteiger charge is -2.71. The predicted octanol–water partition coefficient (Wildman–Crippen LogP) is 6.20. The summed E-state index contributed by atoms with van der Waals surface area (Å²) < 4.78 is 0. The highest BCUT2D eigenvalue weighted by Crippen LogP contribution is 2.75. The van der Waals surface area contributed by atoms with Crippen molar-refractivity contribution in [3.63, 3.8) is 0 Å². The summed E-state index contributed by atoms with van der Waals surface area (Å²) in [5, 5.41) is 33.1. The second kappa shape index (κ2) is 7.12. The summed E-state index contributed by atoms with van der Waals surface area (Å²) in [4.78, 5) is 12.8. The van der Waals surface area contributed by atoms with Crippen molar-refractivity contribution in [1.29, 1.82) is 0 Å². The van der Waals surface area contributed by atoms with Crippen LogP contribution in [-0.4, -0.2) is 33.5 Å². The van der Waals surface area contributed by atoms with Crippen molar-refractivity contribution in [1.82, 2.24) is 0 Å². The predicted molar refractivity (Wildman–Crippen MR) is 134 cm³/mol. The molecular formula is C30H48O4. The van der Waals surface area contributed by atoms with Crippen LogP contribution in [0, 0.1) is 50.2 Å². The fourth-order valence-corrected chi connectivity index (χ4v) is 10.7. The van der Waals surface area contributed by atoms with Gasteiger partial charge in [0, 0.05) is 0 Å². The lowest BCUT2D eigenvalue weighted by Crippen LogP contribution is -2.67. The molecule has 0 aliphatic heterocycles. The van der Waals surface area contributed by atoms with Crippen LogP contribution in [0.1, 0.15) is 106 Å². The van der Waals surface area contributed by atoms with Gasteiger partial charge in [0.15, 0.2) is 0 Å². The van der Waals surface area contributed by atoms with Crippen LogP contribution in [0.2, 0.25) is 0 Å². The third-order valence-electron chi connectivity index (χ3n) is 13.1. The van der Waals surface area contributed by atoms with Gasteiger partial charge in [0.2, 0.25) is 0 Å². The van der Waals surface area contributed by atoms with E-state index in [1.165, 1.54) is 5.57 Å². The number of aliphatic carboxylic acids is 1. The van der Waals surface area contributed by atoms with Crippen LogP contribution >= 0.6 is 0 Å². The van der Waals surface area contributed by atoms with Gasteiger partial charge in [-0.15, -0.1) is 0 Å². The molecule has 5 rings (SSSR count). The maximum Gasteiger partial charge on any atom is 0.312 e. The van der Waals surface area contributed by atoms with E-state index in [9.17, 15) is 20.1 Å². The summed E-state index contributed by atoms with van der Waals surface area (Å²) in [7, 11) is 0. The molecule has 0 radical (unpaired) electrons. The monoisotopic (exact) mass is 472 g/mol. The molecule has 3 N–H and O–H groups in total. The summed E-state index contributed by atoms with van der Waals surface area (Å²) in [6.07, 6.45) is 9.35. The van der Waals surface area contributed by atoms with Gasteiger partial charge in [-0.3, -0.25) is 4.79 Å². The number of hydrogen-bond acceptors (Lipinski definition) is 3. The van der Waals surface area contributed by atoms with Crippen LogP contribution < -0.4 is 0 Å². The lowest BCUT2D eigenvalue weighted by molar-refractivity contribution is -0.218. The van der Waals surface area contributed by atoms with Crippen molar-refractivity contribution in [3.05, 3.63) is 11.6 Å². The van der Waals surface area contributed by atoms with Gasteiger partial charge in [-0.2, -0.15) is 0 Å². The first-order valence-electron chi connectivity index (χ1n) is 13.9. The van der Waals surface area contributed by atoms with Crippen LogP contribution in [0.5, 0.6) is 0 Å². The zero-order valence-corrected chi connectivity index (χ0v) is 22.6. The fourth-order valence-electron chi connectivity index (χ4n) is 10.7. The number of aliphatic hydroxyl groups is 2. The van der Waals surface area contributed by atoms with Gasteiger partial charge in [0.1, 0.15) is 5.41 Å². The van der Waals surface area contributed by atoms with E-state index < -0.39 is 17.5 Å². The molecule has 0 amide bonds. The number of rotatable bonds is 1. The number of aliphatic hydroxyl groups excluding tert-OH is 2. The smallest absolute Gasteiger partial charge is 0.312 e. The number of fused-ring (bicyclic) bond motifs is 7. The van der Waals surface area contributed by atoms with Gasteiger partial charge >= 0.3 is 5.97 Å². The largest absolute Gasteiger partial charge is 0.481 e. The van der Waals surface area contributed by atoms with E-state index in [-0.39, 0.29) is 39.1 Å². The molecule has 34 heavy (non-hydrogen) atoms. The molecule has 192 valence electrons. The minimum Gasteiger partial charge on any atom is -0.481 e. The third-order valence-corrected chi connectivity index (χ3v) is 13.1. The zero-order chi connectivity index (χ0) is 25.1. The first-order valence-corrected chi connectivity index (χ1v) is 13.9. The molecular weight excluding hydrogens is 424 g/mol. The minimum absolute atomic E-state index is 0.0218. The first-order chi connectivity index (χ1) is 15.6. The highest BCUT2D eigenvalue weighted by atomic mass is 16.4. The molecule has 5 aliphatic rings. The second-order valence-electron chi connectivity index (χ2n) is 15.2. The van der Waals surface area contributed by atoms with Crippen LogP contribution in [0.15, 0.2) is 11.6 Å². The van der Waals surface area contributed by atoms with Crippen molar-refractivity contribution >= 4 is 5.97 Å². The lowest BCUT2D eigenvalue weighted by atomic mass is 9.33. The Hall–Kier alpha value is -0.870. The number of carbonyl (C=O) groups is 1. The second-order valence-corrected chi connectivity index (χ2v) is 15.2. The van der Waals surface area contributed by atoms with Crippen LogP contribution in [0.4, 0.5) is 0 Å². The van der Waals surface area contributed by atoms with Gasteiger partial charge in [-0.05, 0) is 103 Å². The number of carboxylic acids is 1. The number of hydrogen-bond donors (Lipinski definition) is 3. The maximum atomic E-state index is 12.8. The molecule has 9 atom stereocenters. The van der Waals surface area contributed by atoms with Gasteiger partial charge in [-0.1, -0.05) is 60.1 Å². The summed E-state index contributed by atoms with van der Waals surface area (Å²) >= 11 is 0. The molecule has 0 saturated heterocycles. The van der Waals surface area contributed by atoms with Gasteiger partial charge in [0.25, 0.3) is 0 Å². The Morgan fingerprint density at radius 2 is 1.53 bits per heavy atom. The average Bonchev–Trinajstić information content (AvgIpc) is 2.71.